The highest BCUT2D eigenvalue weighted by Crippen LogP contribution is 2.22. The van der Waals surface area contributed by atoms with E-state index in [2.05, 4.69) is 15.5 Å². The minimum Gasteiger partial charge on any atom is -0.497 e. The predicted molar refractivity (Wildman–Crippen MR) is 74.0 cm³/mol. The third kappa shape index (κ3) is 3.22. The van der Waals surface area contributed by atoms with E-state index < -0.39 is 0 Å². The number of hydrogen-bond donors (Lipinski definition) is 2. The number of ether oxygens (including phenoxy) is 1. The van der Waals surface area contributed by atoms with Crippen LogP contribution in [0.25, 0.3) is 11.3 Å². The molecule has 0 bridgehead atoms. The number of nitrogens with one attached hydrogen (secondary N) is 2. The van der Waals surface area contributed by atoms with Crippen molar-refractivity contribution in [2.45, 2.75) is 6.92 Å². The number of H-pyrrole nitrogens is 1. The first-order valence-electron chi connectivity index (χ1n) is 5.86. The molecule has 0 atom stereocenters. The van der Waals surface area contributed by atoms with Gasteiger partial charge in [-0.25, -0.2) is 0 Å². The Hall–Kier alpha value is -2.56. The molecule has 0 unspecified atom stereocenters. The lowest BCUT2D eigenvalue weighted by molar-refractivity contribution is -0.111. The van der Waals surface area contributed by atoms with Gasteiger partial charge >= 0.3 is 0 Å². The summed E-state index contributed by atoms with van der Waals surface area (Å²) in [7, 11) is 1.63. The van der Waals surface area contributed by atoms with Crippen LogP contribution in [0.3, 0.4) is 0 Å². The summed E-state index contributed by atoms with van der Waals surface area (Å²) in [5.74, 6) is 1.09. The number of nitrogens with zero attached hydrogens (tertiary/aromatic N) is 1. The molecule has 0 saturated heterocycles. The fourth-order valence-electron chi connectivity index (χ4n) is 1.62. The van der Waals surface area contributed by atoms with E-state index in [4.69, 9.17) is 4.74 Å². The van der Waals surface area contributed by atoms with E-state index >= 15 is 0 Å². The number of carbonyl (C=O) groups is 1. The van der Waals surface area contributed by atoms with E-state index in [9.17, 15) is 4.79 Å². The zero-order valence-electron chi connectivity index (χ0n) is 10.8. The summed E-state index contributed by atoms with van der Waals surface area (Å²) >= 11 is 0. The van der Waals surface area contributed by atoms with E-state index in [0.29, 0.717) is 5.82 Å². The number of carbonyl (C=O) groups excluding carboxylic acids is 1. The van der Waals surface area contributed by atoms with Gasteiger partial charge in [0.05, 0.1) is 12.8 Å². The maximum atomic E-state index is 11.4. The molecule has 5 nitrogen and oxygen atoms in total. The van der Waals surface area contributed by atoms with E-state index in [1.807, 2.05) is 24.3 Å². The largest absolute Gasteiger partial charge is 0.497 e. The Morgan fingerprint density at radius 1 is 1.37 bits per heavy atom. The molecular formula is C14H15N3O2. The van der Waals surface area contributed by atoms with Crippen molar-refractivity contribution in [1.82, 2.24) is 10.2 Å². The van der Waals surface area contributed by atoms with Crippen molar-refractivity contribution in [2.75, 3.05) is 12.4 Å². The second-order valence-corrected chi connectivity index (χ2v) is 3.88. The van der Waals surface area contributed by atoms with Crippen LogP contribution in [0.4, 0.5) is 5.82 Å². The lowest BCUT2D eigenvalue weighted by Crippen LogP contribution is -2.07. The van der Waals surface area contributed by atoms with E-state index in [1.165, 1.54) is 6.08 Å². The van der Waals surface area contributed by atoms with Crippen LogP contribution < -0.4 is 10.1 Å². The van der Waals surface area contributed by atoms with Gasteiger partial charge in [-0.15, -0.1) is 0 Å². The van der Waals surface area contributed by atoms with Crippen molar-refractivity contribution in [3.05, 3.63) is 42.5 Å². The first-order chi connectivity index (χ1) is 9.22. The lowest BCUT2D eigenvalue weighted by Gasteiger charge is -2.00. The second-order valence-electron chi connectivity index (χ2n) is 3.88. The molecule has 0 fully saturated rings. The van der Waals surface area contributed by atoms with Crippen LogP contribution in [0.5, 0.6) is 5.75 Å². The molecule has 1 aromatic carbocycles. The van der Waals surface area contributed by atoms with Gasteiger partial charge in [0, 0.05) is 6.07 Å². The van der Waals surface area contributed by atoms with Gasteiger partial charge in [0.15, 0.2) is 5.82 Å². The molecular weight excluding hydrogens is 242 g/mol. The van der Waals surface area contributed by atoms with E-state index in [1.54, 1.807) is 26.2 Å². The van der Waals surface area contributed by atoms with Gasteiger partial charge in [0.1, 0.15) is 5.75 Å². The smallest absolute Gasteiger partial charge is 0.249 e. The van der Waals surface area contributed by atoms with Crippen molar-refractivity contribution in [1.29, 1.82) is 0 Å². The Kier molecular flexibility index (Phi) is 3.97. The van der Waals surface area contributed by atoms with Gasteiger partial charge in [-0.05, 0) is 42.8 Å². The quantitative estimate of drug-likeness (QED) is 0.827. The molecule has 98 valence electrons. The zero-order chi connectivity index (χ0) is 13.7. The maximum Gasteiger partial charge on any atom is 0.249 e. The van der Waals surface area contributed by atoms with Crippen LogP contribution in [0.2, 0.25) is 0 Å². The Morgan fingerprint density at radius 2 is 2.11 bits per heavy atom. The highest BCUT2D eigenvalue weighted by Gasteiger charge is 2.05. The molecule has 2 aromatic rings. The minimum atomic E-state index is -0.199. The summed E-state index contributed by atoms with van der Waals surface area (Å²) in [5.41, 5.74) is 1.80. The third-order valence-corrected chi connectivity index (χ3v) is 2.55. The summed E-state index contributed by atoms with van der Waals surface area (Å²) < 4.78 is 5.10. The molecule has 2 N–H and O–H groups in total. The van der Waals surface area contributed by atoms with E-state index in [0.717, 1.165) is 17.0 Å². The average Bonchev–Trinajstić information content (AvgIpc) is 2.87. The lowest BCUT2D eigenvalue weighted by atomic mass is 10.1. The highest BCUT2D eigenvalue weighted by atomic mass is 16.5. The Balaban J connectivity index is 2.13. The Labute approximate surface area is 111 Å². The molecule has 0 aliphatic carbocycles. The molecule has 1 heterocycles. The van der Waals surface area contributed by atoms with Gasteiger partial charge in [0.2, 0.25) is 5.91 Å². The number of benzene rings is 1. The summed E-state index contributed by atoms with van der Waals surface area (Å²) in [6.07, 6.45) is 3.12. The molecule has 0 aliphatic rings. The first kappa shape index (κ1) is 12.9. The van der Waals surface area contributed by atoms with Gasteiger partial charge in [0.25, 0.3) is 0 Å². The second kappa shape index (κ2) is 5.86. The van der Waals surface area contributed by atoms with Crippen molar-refractivity contribution in [3.63, 3.8) is 0 Å². The molecule has 1 aromatic heterocycles. The average molecular weight is 257 g/mol. The summed E-state index contributed by atoms with van der Waals surface area (Å²) in [6, 6.07) is 9.36. The zero-order valence-corrected chi connectivity index (χ0v) is 10.8. The number of aromatic amines is 1. The topological polar surface area (TPSA) is 67.0 Å². The standard InChI is InChI=1S/C14H15N3O2/c1-3-4-14(18)15-13-9-12(16-17-13)10-5-7-11(19-2)8-6-10/h3-9H,1-2H3,(H2,15,16,17,18)/b4-3+. The number of aromatic nitrogens is 2. The van der Waals surface area contributed by atoms with Crippen molar-refractivity contribution >= 4 is 11.7 Å². The van der Waals surface area contributed by atoms with Crippen molar-refractivity contribution in [3.8, 4) is 17.0 Å². The fourth-order valence-corrected chi connectivity index (χ4v) is 1.62. The molecule has 0 aliphatic heterocycles. The fraction of sp³-hybridized carbons (Fsp3) is 0.143. The Morgan fingerprint density at radius 3 is 2.74 bits per heavy atom. The number of amides is 1. The van der Waals surface area contributed by atoms with Crippen LogP contribution in [0, 0.1) is 0 Å². The maximum absolute atomic E-state index is 11.4. The monoisotopic (exact) mass is 257 g/mol. The first-order valence-corrected chi connectivity index (χ1v) is 5.86. The highest BCUT2D eigenvalue weighted by molar-refractivity contribution is 5.98. The number of rotatable bonds is 4. The molecule has 5 heteroatoms. The van der Waals surface area contributed by atoms with Gasteiger partial charge in [-0.2, -0.15) is 5.10 Å². The number of hydrogen-bond acceptors (Lipinski definition) is 3. The summed E-state index contributed by atoms with van der Waals surface area (Å²) in [6.45, 7) is 1.78. The van der Waals surface area contributed by atoms with Crippen LogP contribution in [0.15, 0.2) is 42.5 Å². The van der Waals surface area contributed by atoms with E-state index in [-0.39, 0.29) is 5.91 Å². The normalized spacial score (nSPS) is 10.6. The van der Waals surface area contributed by atoms with Crippen LogP contribution in [-0.2, 0) is 4.79 Å². The SMILES string of the molecule is C/C=C/C(=O)Nc1cc(-c2ccc(OC)cc2)[nH]n1. The number of methoxy groups -OCH3 is 1. The third-order valence-electron chi connectivity index (χ3n) is 2.55. The van der Waals surface area contributed by atoms with Crippen molar-refractivity contribution in [2.24, 2.45) is 0 Å². The van der Waals surface area contributed by atoms with Gasteiger partial charge < -0.3 is 10.1 Å². The van der Waals surface area contributed by atoms with Crippen LogP contribution >= 0.6 is 0 Å². The summed E-state index contributed by atoms with van der Waals surface area (Å²) in [4.78, 5) is 11.4. The molecule has 2 rings (SSSR count). The molecule has 0 spiro atoms. The molecule has 1 amide bonds. The van der Waals surface area contributed by atoms with Gasteiger partial charge in [-0.1, -0.05) is 6.08 Å². The van der Waals surface area contributed by atoms with Crippen LogP contribution in [-0.4, -0.2) is 23.2 Å². The van der Waals surface area contributed by atoms with Crippen LogP contribution in [0.1, 0.15) is 6.92 Å². The van der Waals surface area contributed by atoms with Crippen molar-refractivity contribution < 1.29 is 9.53 Å². The minimum absolute atomic E-state index is 0.199. The molecule has 19 heavy (non-hydrogen) atoms. The number of anilines is 1. The predicted octanol–water partition coefficient (Wildman–Crippen LogP) is 2.60. The summed E-state index contributed by atoms with van der Waals surface area (Å²) in [5, 5.41) is 9.58. The number of allylic oxidation sites excluding steroid dienone is 1. The Bertz CT molecular complexity index is 585. The van der Waals surface area contributed by atoms with Gasteiger partial charge in [-0.3, -0.25) is 9.89 Å². The molecule has 0 saturated carbocycles. The molecule has 0 radical (unpaired) electrons.